The molecule has 0 amide bonds. The van der Waals surface area contributed by atoms with E-state index in [9.17, 15) is 8.42 Å². The van der Waals surface area contributed by atoms with Crippen LogP contribution in [-0.4, -0.2) is 18.6 Å². The number of H-pyrrole nitrogens is 1. The van der Waals surface area contributed by atoms with Crippen molar-refractivity contribution < 1.29 is 8.42 Å². The summed E-state index contributed by atoms with van der Waals surface area (Å²) in [6, 6.07) is 21.7. The van der Waals surface area contributed by atoms with E-state index in [1.165, 1.54) is 0 Å². The molecule has 4 rings (SSSR count). The minimum absolute atomic E-state index is 0.168. The summed E-state index contributed by atoms with van der Waals surface area (Å²) in [6.45, 7) is 5.72. The van der Waals surface area contributed by atoms with Crippen LogP contribution >= 0.6 is 0 Å². The second kappa shape index (κ2) is 7.55. The van der Waals surface area contributed by atoms with Gasteiger partial charge in [-0.15, -0.1) is 0 Å². The molecule has 6 heteroatoms. The number of nitrogens with one attached hydrogen (secondary N) is 1. The molecule has 0 saturated heterocycles. The van der Waals surface area contributed by atoms with Gasteiger partial charge < -0.3 is 0 Å². The number of aromatic amines is 1. The number of hydrogen-bond acceptors (Lipinski definition) is 3. The third-order valence-corrected chi connectivity index (χ3v) is 6.58. The fraction of sp³-hybridized carbons (Fsp3) is 0.125. The Balaban J connectivity index is 1.76. The Bertz CT molecular complexity index is 1320. The van der Waals surface area contributed by atoms with E-state index in [0.29, 0.717) is 5.56 Å². The van der Waals surface area contributed by atoms with Crippen molar-refractivity contribution in [2.24, 2.45) is 5.14 Å². The van der Waals surface area contributed by atoms with Crippen LogP contribution in [0.2, 0.25) is 0 Å². The monoisotopic (exact) mass is 417 g/mol. The number of nitrogens with two attached hydrogens (primary N) is 1. The second-order valence-corrected chi connectivity index (χ2v) is 8.95. The molecule has 30 heavy (non-hydrogen) atoms. The van der Waals surface area contributed by atoms with Gasteiger partial charge in [0.15, 0.2) is 0 Å². The highest BCUT2D eigenvalue weighted by atomic mass is 32.2. The normalized spacial score (nSPS) is 11.6. The van der Waals surface area contributed by atoms with Gasteiger partial charge in [-0.25, -0.2) is 13.6 Å². The van der Waals surface area contributed by atoms with Gasteiger partial charge in [-0.1, -0.05) is 60.7 Å². The molecular weight excluding hydrogens is 394 g/mol. The Hall–Kier alpha value is -3.22. The summed E-state index contributed by atoms with van der Waals surface area (Å²) in [5, 5.41) is 12.9. The van der Waals surface area contributed by atoms with E-state index in [1.54, 1.807) is 13.0 Å². The van der Waals surface area contributed by atoms with Gasteiger partial charge in [0.2, 0.25) is 10.0 Å². The minimum Gasteiger partial charge on any atom is -0.282 e. The first-order valence-electron chi connectivity index (χ1n) is 9.61. The van der Waals surface area contributed by atoms with Gasteiger partial charge in [0, 0.05) is 16.8 Å². The van der Waals surface area contributed by atoms with Crippen LogP contribution in [0.25, 0.3) is 33.5 Å². The fourth-order valence-corrected chi connectivity index (χ4v) is 4.66. The van der Waals surface area contributed by atoms with Crippen LogP contribution in [0.4, 0.5) is 0 Å². The molecule has 0 radical (unpaired) electrons. The summed E-state index contributed by atoms with van der Waals surface area (Å²) < 4.78 is 23.6. The molecule has 1 aromatic heterocycles. The van der Waals surface area contributed by atoms with Crippen molar-refractivity contribution in [2.45, 2.75) is 25.7 Å². The third kappa shape index (κ3) is 3.56. The highest BCUT2D eigenvalue weighted by Crippen LogP contribution is 2.35. The largest absolute Gasteiger partial charge is 0.282 e. The van der Waals surface area contributed by atoms with E-state index in [4.69, 9.17) is 5.14 Å². The molecule has 0 saturated carbocycles. The molecule has 4 aromatic rings. The Labute approximate surface area is 176 Å². The molecular formula is C24H23N3O2S. The second-order valence-electron chi connectivity index (χ2n) is 7.42. The summed E-state index contributed by atoms with van der Waals surface area (Å²) in [5.41, 5.74) is 8.71. The quantitative estimate of drug-likeness (QED) is 0.491. The first-order chi connectivity index (χ1) is 14.3. The van der Waals surface area contributed by atoms with Crippen molar-refractivity contribution in [3.05, 3.63) is 83.6 Å². The lowest BCUT2D eigenvalue weighted by atomic mass is 9.94. The number of aryl methyl sites for hydroxylation is 1. The van der Waals surface area contributed by atoms with Gasteiger partial charge in [0.05, 0.1) is 4.90 Å². The van der Waals surface area contributed by atoms with Gasteiger partial charge in [-0.05, 0) is 54.7 Å². The highest BCUT2D eigenvalue weighted by Gasteiger charge is 2.17. The average molecular weight is 418 g/mol. The number of rotatable bonds is 4. The zero-order chi connectivity index (χ0) is 21.5. The first kappa shape index (κ1) is 20.1. The number of benzene rings is 3. The van der Waals surface area contributed by atoms with Crippen LogP contribution in [0, 0.1) is 20.8 Å². The topological polar surface area (TPSA) is 88.8 Å². The van der Waals surface area contributed by atoms with Crippen LogP contribution in [0.1, 0.15) is 16.8 Å². The molecule has 152 valence electrons. The van der Waals surface area contributed by atoms with Crippen LogP contribution in [0.15, 0.2) is 71.6 Å². The van der Waals surface area contributed by atoms with Crippen LogP contribution < -0.4 is 5.14 Å². The van der Waals surface area contributed by atoms with Gasteiger partial charge >= 0.3 is 0 Å². The molecule has 0 aliphatic rings. The SMILES string of the molecule is Cc1[nH]nc(-c2ccccc2)c1-c1ccc(-c2ccc(S(N)(=O)=O)c(C)c2C)cc1. The van der Waals surface area contributed by atoms with Crippen LogP contribution in [-0.2, 0) is 10.0 Å². The summed E-state index contributed by atoms with van der Waals surface area (Å²) in [6.07, 6.45) is 0. The van der Waals surface area contributed by atoms with Crippen molar-refractivity contribution in [1.82, 2.24) is 10.2 Å². The molecule has 3 aromatic carbocycles. The van der Waals surface area contributed by atoms with E-state index in [2.05, 4.69) is 34.5 Å². The molecule has 0 spiro atoms. The van der Waals surface area contributed by atoms with Crippen LogP contribution in [0.5, 0.6) is 0 Å². The Morgan fingerprint density at radius 1 is 0.767 bits per heavy atom. The van der Waals surface area contributed by atoms with Crippen LogP contribution in [0.3, 0.4) is 0 Å². The molecule has 0 bridgehead atoms. The molecule has 0 unspecified atom stereocenters. The molecule has 5 nitrogen and oxygen atoms in total. The predicted octanol–water partition coefficient (Wildman–Crippen LogP) is 4.98. The van der Waals surface area contributed by atoms with E-state index in [1.807, 2.05) is 50.2 Å². The first-order valence-corrected chi connectivity index (χ1v) is 11.2. The molecule has 0 fully saturated rings. The van der Waals surface area contributed by atoms with Gasteiger partial charge in [-0.2, -0.15) is 5.10 Å². The Morgan fingerprint density at radius 3 is 2.03 bits per heavy atom. The minimum atomic E-state index is -3.74. The molecule has 0 aliphatic carbocycles. The molecule has 3 N–H and O–H groups in total. The van der Waals surface area contributed by atoms with Crippen molar-refractivity contribution in [3.8, 4) is 33.5 Å². The Kier molecular flexibility index (Phi) is 5.05. The average Bonchev–Trinajstić information content (AvgIpc) is 3.11. The molecule has 0 atom stereocenters. The number of aromatic nitrogens is 2. The smallest absolute Gasteiger partial charge is 0.238 e. The number of sulfonamides is 1. The number of hydrogen-bond donors (Lipinski definition) is 2. The standard InChI is InChI=1S/C24H23N3O2S/c1-15-16(2)22(30(25,28)29)14-13-21(15)18-9-11-19(12-10-18)23-17(3)26-27-24(23)20-7-5-4-6-8-20/h4-14H,1-3H3,(H,26,27)(H2,25,28,29). The lowest BCUT2D eigenvalue weighted by Crippen LogP contribution is -2.14. The fourth-order valence-electron chi connectivity index (χ4n) is 3.82. The maximum absolute atomic E-state index is 11.8. The lowest BCUT2D eigenvalue weighted by molar-refractivity contribution is 0.597. The highest BCUT2D eigenvalue weighted by molar-refractivity contribution is 7.89. The van der Waals surface area contributed by atoms with E-state index in [-0.39, 0.29) is 4.90 Å². The zero-order valence-corrected chi connectivity index (χ0v) is 17.9. The maximum atomic E-state index is 11.8. The summed E-state index contributed by atoms with van der Waals surface area (Å²) in [7, 11) is -3.74. The number of nitrogens with zero attached hydrogens (tertiary/aromatic N) is 1. The van der Waals surface area contributed by atoms with E-state index < -0.39 is 10.0 Å². The predicted molar refractivity (Wildman–Crippen MR) is 120 cm³/mol. The zero-order valence-electron chi connectivity index (χ0n) is 17.1. The molecule has 0 aliphatic heterocycles. The van der Waals surface area contributed by atoms with Gasteiger partial charge in [-0.3, -0.25) is 5.10 Å². The van der Waals surface area contributed by atoms with Gasteiger partial charge in [0.1, 0.15) is 5.69 Å². The maximum Gasteiger partial charge on any atom is 0.238 e. The summed E-state index contributed by atoms with van der Waals surface area (Å²) in [4.78, 5) is 0.168. The van der Waals surface area contributed by atoms with E-state index >= 15 is 0 Å². The van der Waals surface area contributed by atoms with Crippen molar-refractivity contribution in [3.63, 3.8) is 0 Å². The van der Waals surface area contributed by atoms with Crippen molar-refractivity contribution in [2.75, 3.05) is 0 Å². The van der Waals surface area contributed by atoms with E-state index in [0.717, 1.165) is 44.8 Å². The Morgan fingerprint density at radius 2 is 1.40 bits per heavy atom. The third-order valence-electron chi connectivity index (χ3n) is 5.52. The summed E-state index contributed by atoms with van der Waals surface area (Å²) in [5.74, 6) is 0. The van der Waals surface area contributed by atoms with Crippen molar-refractivity contribution >= 4 is 10.0 Å². The number of primary sulfonamides is 1. The van der Waals surface area contributed by atoms with Gasteiger partial charge in [0.25, 0.3) is 0 Å². The molecule has 1 heterocycles. The van der Waals surface area contributed by atoms with Crippen molar-refractivity contribution in [1.29, 1.82) is 0 Å². The lowest BCUT2D eigenvalue weighted by Gasteiger charge is -2.13. The summed E-state index contributed by atoms with van der Waals surface area (Å²) >= 11 is 0.